The van der Waals surface area contributed by atoms with Crippen LogP contribution in [0.1, 0.15) is 23.2 Å². The van der Waals surface area contributed by atoms with Crippen molar-refractivity contribution in [2.45, 2.75) is 18.9 Å². The summed E-state index contributed by atoms with van der Waals surface area (Å²) in [7, 11) is 3.04. The molecule has 160 valence electrons. The van der Waals surface area contributed by atoms with Crippen LogP contribution in [-0.2, 0) is 0 Å². The minimum absolute atomic E-state index is 0.191. The van der Waals surface area contributed by atoms with Gasteiger partial charge in [0.05, 0.1) is 28.9 Å². The Hall–Kier alpha value is -3.52. The number of urea groups is 1. The number of fused-ring (bicyclic) bond motifs is 1. The maximum absolute atomic E-state index is 12.7. The Morgan fingerprint density at radius 2 is 1.94 bits per heavy atom. The van der Waals surface area contributed by atoms with Crippen LogP contribution in [-0.4, -0.2) is 37.1 Å². The maximum atomic E-state index is 12.7. The molecule has 3 aromatic rings. The van der Waals surface area contributed by atoms with Crippen molar-refractivity contribution in [2.24, 2.45) is 0 Å². The van der Waals surface area contributed by atoms with E-state index in [-0.39, 0.29) is 18.0 Å². The van der Waals surface area contributed by atoms with E-state index in [2.05, 4.69) is 20.9 Å². The van der Waals surface area contributed by atoms with Crippen molar-refractivity contribution in [1.82, 2.24) is 15.6 Å². The zero-order valence-corrected chi connectivity index (χ0v) is 17.7. The van der Waals surface area contributed by atoms with Gasteiger partial charge in [-0.25, -0.2) is 4.79 Å². The number of nitrogens with zero attached hydrogens (tertiary/aromatic N) is 1. The normalized spacial score (nSPS) is 12.9. The van der Waals surface area contributed by atoms with E-state index in [4.69, 9.17) is 21.1 Å². The van der Waals surface area contributed by atoms with Gasteiger partial charge < -0.3 is 25.4 Å². The van der Waals surface area contributed by atoms with Crippen molar-refractivity contribution in [3.05, 3.63) is 53.2 Å². The number of pyridine rings is 1. The van der Waals surface area contributed by atoms with E-state index in [1.54, 1.807) is 42.6 Å². The fourth-order valence-corrected chi connectivity index (χ4v) is 3.26. The lowest BCUT2D eigenvalue weighted by Gasteiger charge is -2.14. The second-order valence-electron chi connectivity index (χ2n) is 7.07. The number of ether oxygens (including phenoxy) is 2. The Bertz CT molecular complexity index is 1160. The van der Waals surface area contributed by atoms with E-state index in [1.807, 2.05) is 0 Å². The number of benzene rings is 2. The summed E-state index contributed by atoms with van der Waals surface area (Å²) in [6, 6.07) is 9.93. The van der Waals surface area contributed by atoms with Crippen LogP contribution in [0.4, 0.5) is 10.5 Å². The molecule has 3 N–H and O–H groups in total. The lowest BCUT2D eigenvalue weighted by Crippen LogP contribution is -2.25. The van der Waals surface area contributed by atoms with Gasteiger partial charge >= 0.3 is 6.03 Å². The summed E-state index contributed by atoms with van der Waals surface area (Å²) in [6.07, 6.45) is 3.59. The van der Waals surface area contributed by atoms with E-state index < -0.39 is 0 Å². The fourth-order valence-electron chi connectivity index (χ4n) is 3.05. The first-order valence-corrected chi connectivity index (χ1v) is 10.1. The van der Waals surface area contributed by atoms with Crippen LogP contribution in [0.3, 0.4) is 0 Å². The van der Waals surface area contributed by atoms with Gasteiger partial charge in [-0.2, -0.15) is 0 Å². The Kier molecular flexibility index (Phi) is 5.81. The lowest BCUT2D eigenvalue weighted by atomic mass is 10.1. The number of methoxy groups -OCH3 is 1. The highest BCUT2D eigenvalue weighted by Crippen LogP contribution is 2.35. The molecule has 31 heavy (non-hydrogen) atoms. The summed E-state index contributed by atoms with van der Waals surface area (Å²) in [4.78, 5) is 28.5. The molecule has 1 aliphatic carbocycles. The van der Waals surface area contributed by atoms with Gasteiger partial charge in [0.2, 0.25) is 0 Å². The zero-order chi connectivity index (χ0) is 22.0. The highest BCUT2D eigenvalue weighted by Gasteiger charge is 2.26. The smallest absolute Gasteiger partial charge is 0.319 e. The number of anilines is 1. The van der Waals surface area contributed by atoms with Crippen LogP contribution in [0, 0.1) is 0 Å². The van der Waals surface area contributed by atoms with Crippen molar-refractivity contribution in [3.8, 4) is 17.2 Å². The molecule has 2 aromatic carbocycles. The molecule has 0 bridgehead atoms. The van der Waals surface area contributed by atoms with Crippen LogP contribution < -0.4 is 25.4 Å². The van der Waals surface area contributed by atoms with E-state index in [9.17, 15) is 9.59 Å². The molecule has 3 amide bonds. The van der Waals surface area contributed by atoms with Gasteiger partial charge in [0, 0.05) is 36.8 Å². The van der Waals surface area contributed by atoms with Gasteiger partial charge in [-0.15, -0.1) is 0 Å². The van der Waals surface area contributed by atoms with Gasteiger partial charge in [0.25, 0.3) is 5.91 Å². The van der Waals surface area contributed by atoms with Crippen LogP contribution in [0.2, 0.25) is 5.02 Å². The Balaban J connectivity index is 1.66. The molecule has 0 spiro atoms. The van der Waals surface area contributed by atoms with Crippen LogP contribution in [0.5, 0.6) is 17.2 Å². The number of rotatable bonds is 6. The largest absolute Gasteiger partial charge is 0.496 e. The molecule has 0 radical (unpaired) electrons. The first-order chi connectivity index (χ1) is 15.0. The van der Waals surface area contributed by atoms with Gasteiger partial charge in [0.1, 0.15) is 17.2 Å². The summed E-state index contributed by atoms with van der Waals surface area (Å²) >= 11 is 6.27. The van der Waals surface area contributed by atoms with E-state index >= 15 is 0 Å². The third-order valence-corrected chi connectivity index (χ3v) is 5.14. The summed E-state index contributed by atoms with van der Waals surface area (Å²) in [5, 5.41) is 9.05. The molecule has 4 rings (SSSR count). The first-order valence-electron chi connectivity index (χ1n) is 9.72. The lowest BCUT2D eigenvalue weighted by molar-refractivity contribution is 0.0948. The fraction of sp³-hybridized carbons (Fsp3) is 0.227. The molecule has 0 atom stereocenters. The predicted molar refractivity (Wildman–Crippen MR) is 118 cm³/mol. The van der Waals surface area contributed by atoms with Gasteiger partial charge in [-0.1, -0.05) is 11.6 Å². The average Bonchev–Trinajstić information content (AvgIpc) is 3.58. The molecule has 9 heteroatoms. The topological polar surface area (TPSA) is 102 Å². The standard InChI is InChI=1S/C22H21ClN4O4/c1-24-22(29)27-17-6-5-13(9-16(17)23)31-19-7-8-25-18-11-20(30-2)15(10-14(18)19)21(28)26-12-3-4-12/h5-12H,3-4H2,1-2H3,(H,26,28)(H2,24,27,29). The molecule has 1 aromatic heterocycles. The average molecular weight is 441 g/mol. The quantitative estimate of drug-likeness (QED) is 0.529. The molecule has 0 saturated heterocycles. The van der Waals surface area contributed by atoms with Gasteiger partial charge in [-0.3, -0.25) is 9.78 Å². The first kappa shape index (κ1) is 20.7. The number of carbonyl (C=O) groups is 2. The minimum Gasteiger partial charge on any atom is -0.496 e. The number of aromatic nitrogens is 1. The summed E-state index contributed by atoms with van der Waals surface area (Å²) < 4.78 is 11.4. The second-order valence-corrected chi connectivity index (χ2v) is 7.48. The molecule has 1 heterocycles. The van der Waals surface area contributed by atoms with Crippen LogP contribution >= 0.6 is 11.6 Å². The molecule has 1 aliphatic rings. The number of hydrogen-bond acceptors (Lipinski definition) is 5. The Labute approximate surface area is 183 Å². The van der Waals surface area contributed by atoms with Crippen LogP contribution in [0.15, 0.2) is 42.6 Å². The van der Waals surface area contributed by atoms with Crippen molar-refractivity contribution in [3.63, 3.8) is 0 Å². The number of hydrogen-bond donors (Lipinski definition) is 3. The second kappa shape index (κ2) is 8.69. The van der Waals surface area contributed by atoms with Crippen LogP contribution in [0.25, 0.3) is 10.9 Å². The monoisotopic (exact) mass is 440 g/mol. The zero-order valence-electron chi connectivity index (χ0n) is 17.0. The molecule has 1 saturated carbocycles. The SMILES string of the molecule is CNC(=O)Nc1ccc(Oc2ccnc3cc(OC)c(C(=O)NC4CC4)cc23)cc1Cl. The number of carbonyl (C=O) groups excluding carboxylic acids is 2. The number of nitrogens with one attached hydrogen (secondary N) is 3. The minimum atomic E-state index is -0.373. The predicted octanol–water partition coefficient (Wildman–Crippen LogP) is 4.33. The highest BCUT2D eigenvalue weighted by molar-refractivity contribution is 6.33. The van der Waals surface area contributed by atoms with Crippen molar-refractivity contribution in [2.75, 3.05) is 19.5 Å². The highest BCUT2D eigenvalue weighted by atomic mass is 35.5. The summed E-state index contributed by atoms with van der Waals surface area (Å²) in [5.74, 6) is 1.24. The van der Waals surface area contributed by atoms with E-state index in [0.717, 1.165) is 12.8 Å². The Morgan fingerprint density at radius 1 is 1.13 bits per heavy atom. The molecule has 0 unspecified atom stereocenters. The maximum Gasteiger partial charge on any atom is 0.319 e. The van der Waals surface area contributed by atoms with Gasteiger partial charge in [0.15, 0.2) is 0 Å². The molecular formula is C22H21ClN4O4. The molecule has 1 fully saturated rings. The molecular weight excluding hydrogens is 420 g/mol. The van der Waals surface area contributed by atoms with Crippen molar-refractivity contribution < 1.29 is 19.1 Å². The third kappa shape index (κ3) is 4.64. The third-order valence-electron chi connectivity index (χ3n) is 4.82. The molecule has 8 nitrogen and oxygen atoms in total. The van der Waals surface area contributed by atoms with E-state index in [1.165, 1.54) is 14.2 Å². The summed E-state index contributed by atoms with van der Waals surface area (Å²) in [6.45, 7) is 0. The Morgan fingerprint density at radius 3 is 2.61 bits per heavy atom. The molecule has 0 aliphatic heterocycles. The van der Waals surface area contributed by atoms with Gasteiger partial charge in [-0.05, 0) is 37.1 Å². The van der Waals surface area contributed by atoms with Crippen molar-refractivity contribution in [1.29, 1.82) is 0 Å². The van der Waals surface area contributed by atoms with E-state index in [0.29, 0.717) is 44.4 Å². The van der Waals surface area contributed by atoms with Crippen molar-refractivity contribution >= 4 is 40.1 Å². The number of halogens is 1. The number of amides is 3. The summed E-state index contributed by atoms with van der Waals surface area (Å²) in [5.41, 5.74) is 1.50.